The molecular weight excluding hydrogens is 499 g/mol. The summed E-state index contributed by atoms with van der Waals surface area (Å²) in [6.45, 7) is 4.48. The summed E-state index contributed by atoms with van der Waals surface area (Å²) in [6.07, 6.45) is -3.00. The van der Waals surface area contributed by atoms with Crippen molar-refractivity contribution in [3.8, 4) is 0 Å². The largest absolute Gasteiger partial charge is 0.476 e. The van der Waals surface area contributed by atoms with Gasteiger partial charge in [0, 0.05) is 29.7 Å². The lowest BCUT2D eigenvalue weighted by molar-refractivity contribution is -0.140. The summed E-state index contributed by atoms with van der Waals surface area (Å²) in [6, 6.07) is 6.14. The van der Waals surface area contributed by atoms with Crippen molar-refractivity contribution >= 4 is 39.8 Å². The fourth-order valence-electron chi connectivity index (χ4n) is 4.53. The average molecular weight is 520 g/mol. The zero-order valence-electron chi connectivity index (χ0n) is 19.2. The van der Waals surface area contributed by atoms with Crippen LogP contribution >= 0.6 is 11.6 Å². The van der Waals surface area contributed by atoms with Crippen molar-refractivity contribution in [2.75, 3.05) is 18.5 Å². The van der Waals surface area contributed by atoms with Crippen molar-refractivity contribution in [3.05, 3.63) is 64.0 Å². The molecule has 5 rings (SSSR count). The Labute approximate surface area is 208 Å². The molecule has 3 aromatic heterocycles. The number of hydrogen-bond acceptors (Lipinski definition) is 6. The molecule has 188 valence electrons. The molecule has 4 aromatic rings. The van der Waals surface area contributed by atoms with Crippen molar-refractivity contribution in [2.45, 2.75) is 38.4 Å². The van der Waals surface area contributed by atoms with Gasteiger partial charge in [-0.25, -0.2) is 19.7 Å². The third-order valence-corrected chi connectivity index (χ3v) is 6.40. The number of anilines is 1. The molecule has 8 nitrogen and oxygen atoms in total. The first-order chi connectivity index (χ1) is 17.0. The Bertz CT molecular complexity index is 1500. The maximum atomic E-state index is 13.6. The third-order valence-electron chi connectivity index (χ3n) is 6.19. The van der Waals surface area contributed by atoms with E-state index in [4.69, 9.17) is 21.3 Å². The Morgan fingerprint density at radius 2 is 2.06 bits per heavy atom. The highest BCUT2D eigenvalue weighted by Gasteiger charge is 2.35. The highest BCUT2D eigenvalue weighted by molar-refractivity contribution is 6.29. The predicted molar refractivity (Wildman–Crippen MR) is 127 cm³/mol. The van der Waals surface area contributed by atoms with Gasteiger partial charge in [-0.15, -0.1) is 0 Å². The SMILES string of the molecule is Cc1cc([C@@H](C)Nc2ccc(Cl)nc2C(=O)O)c2nc(C3CCOC3)n3cc(C(F)(F)F)nc3c2c1. The van der Waals surface area contributed by atoms with Gasteiger partial charge in [-0.2, -0.15) is 13.2 Å². The smallest absolute Gasteiger partial charge is 0.434 e. The highest BCUT2D eigenvalue weighted by atomic mass is 35.5. The number of benzene rings is 1. The van der Waals surface area contributed by atoms with Gasteiger partial charge < -0.3 is 15.2 Å². The van der Waals surface area contributed by atoms with Crippen LogP contribution in [0.5, 0.6) is 0 Å². The van der Waals surface area contributed by atoms with E-state index in [0.717, 1.165) is 11.8 Å². The molecule has 36 heavy (non-hydrogen) atoms. The number of aryl methyl sites for hydroxylation is 1. The standard InChI is InChI=1S/C24H21ClF3N5O3/c1-11-7-14(12(2)29-16-3-4-18(25)31-20(16)23(34)35)19-15(8-11)22-30-17(24(26,27)28)9-33(22)21(32-19)13-5-6-36-10-13/h3-4,7-9,12-13,29H,5-6,10H2,1-2H3,(H,34,35)/t12-,13?/m1/s1. The van der Waals surface area contributed by atoms with E-state index in [2.05, 4.69) is 15.3 Å². The molecule has 4 heterocycles. The summed E-state index contributed by atoms with van der Waals surface area (Å²) >= 11 is 5.87. The molecule has 0 aliphatic carbocycles. The van der Waals surface area contributed by atoms with Gasteiger partial charge in [-0.3, -0.25) is 4.40 Å². The number of halogens is 4. The number of imidazole rings is 1. The lowest BCUT2D eigenvalue weighted by Gasteiger charge is -2.20. The number of rotatable bonds is 5. The third kappa shape index (κ3) is 4.33. The Morgan fingerprint density at radius 3 is 2.72 bits per heavy atom. The molecule has 0 saturated carbocycles. The molecule has 2 N–H and O–H groups in total. The topological polar surface area (TPSA) is 102 Å². The number of carboxylic acids is 1. The lowest BCUT2D eigenvalue weighted by atomic mass is 10.00. The summed E-state index contributed by atoms with van der Waals surface area (Å²) in [7, 11) is 0. The number of carbonyl (C=O) groups is 1. The zero-order chi connectivity index (χ0) is 25.8. The maximum absolute atomic E-state index is 13.6. The van der Waals surface area contributed by atoms with Crippen LogP contribution in [0, 0.1) is 6.92 Å². The number of aromatic nitrogens is 4. The monoisotopic (exact) mass is 519 g/mol. The number of nitrogens with zero attached hydrogens (tertiary/aromatic N) is 4. The molecule has 1 fully saturated rings. The van der Waals surface area contributed by atoms with E-state index >= 15 is 0 Å². The summed E-state index contributed by atoms with van der Waals surface area (Å²) in [5.41, 5.74) is 1.11. The van der Waals surface area contributed by atoms with Gasteiger partial charge in [0.05, 0.1) is 23.9 Å². The first-order valence-corrected chi connectivity index (χ1v) is 11.5. The number of carboxylic acid groups (broad SMARTS) is 1. The van der Waals surface area contributed by atoms with Gasteiger partial charge in [-0.05, 0) is 44.0 Å². The van der Waals surface area contributed by atoms with Crippen LogP contribution in [0.2, 0.25) is 5.15 Å². The fraction of sp³-hybridized carbons (Fsp3) is 0.333. The van der Waals surface area contributed by atoms with E-state index in [1.165, 1.54) is 16.5 Å². The Balaban J connectivity index is 1.71. The van der Waals surface area contributed by atoms with Crippen molar-refractivity contribution in [3.63, 3.8) is 0 Å². The summed E-state index contributed by atoms with van der Waals surface area (Å²) in [4.78, 5) is 24.4. The minimum atomic E-state index is -4.61. The van der Waals surface area contributed by atoms with E-state index in [-0.39, 0.29) is 28.1 Å². The molecule has 2 atom stereocenters. The molecule has 0 bridgehead atoms. The zero-order valence-corrected chi connectivity index (χ0v) is 20.0. The van der Waals surface area contributed by atoms with E-state index in [0.29, 0.717) is 41.9 Å². The van der Waals surface area contributed by atoms with E-state index in [1.807, 2.05) is 19.9 Å². The van der Waals surface area contributed by atoms with Gasteiger partial charge >= 0.3 is 12.1 Å². The highest BCUT2D eigenvalue weighted by Crippen LogP contribution is 2.36. The summed E-state index contributed by atoms with van der Waals surface area (Å²) < 4.78 is 47.7. The number of nitrogens with one attached hydrogen (secondary N) is 1. The van der Waals surface area contributed by atoms with Gasteiger partial charge in [-0.1, -0.05) is 17.7 Å². The molecule has 1 aliphatic rings. The van der Waals surface area contributed by atoms with Gasteiger partial charge in [0.2, 0.25) is 0 Å². The van der Waals surface area contributed by atoms with Gasteiger partial charge in [0.25, 0.3) is 0 Å². The molecule has 1 aromatic carbocycles. The molecule has 0 amide bonds. The van der Waals surface area contributed by atoms with Crippen LogP contribution < -0.4 is 5.32 Å². The summed E-state index contributed by atoms with van der Waals surface area (Å²) in [5.74, 6) is -1.000. The number of hydrogen-bond donors (Lipinski definition) is 2. The maximum Gasteiger partial charge on any atom is 0.434 e. The van der Waals surface area contributed by atoms with Crippen LogP contribution in [0.25, 0.3) is 16.6 Å². The second-order valence-corrected chi connectivity index (χ2v) is 9.19. The van der Waals surface area contributed by atoms with Crippen LogP contribution in [0.3, 0.4) is 0 Å². The Morgan fingerprint density at radius 1 is 1.28 bits per heavy atom. The first-order valence-electron chi connectivity index (χ1n) is 11.2. The number of alkyl halides is 3. The van der Waals surface area contributed by atoms with Crippen molar-refractivity contribution in [2.24, 2.45) is 0 Å². The Hall–Kier alpha value is -3.44. The molecular formula is C24H21ClF3N5O3. The minimum absolute atomic E-state index is 0.0406. The van der Waals surface area contributed by atoms with Crippen molar-refractivity contribution in [1.82, 2.24) is 19.4 Å². The van der Waals surface area contributed by atoms with Crippen LogP contribution in [0.1, 0.15) is 58.4 Å². The van der Waals surface area contributed by atoms with Crippen LogP contribution in [-0.2, 0) is 10.9 Å². The van der Waals surface area contributed by atoms with Crippen LogP contribution in [0.4, 0.5) is 18.9 Å². The van der Waals surface area contributed by atoms with E-state index in [9.17, 15) is 23.1 Å². The van der Waals surface area contributed by atoms with Crippen LogP contribution in [0.15, 0.2) is 30.5 Å². The van der Waals surface area contributed by atoms with Crippen LogP contribution in [-0.4, -0.2) is 43.6 Å². The lowest BCUT2D eigenvalue weighted by Crippen LogP contribution is -2.14. The normalized spacial score (nSPS) is 17.1. The number of aromatic carboxylic acids is 1. The quantitative estimate of drug-likeness (QED) is 0.329. The molecule has 12 heteroatoms. The molecule has 0 spiro atoms. The van der Waals surface area contributed by atoms with Crippen molar-refractivity contribution in [1.29, 1.82) is 0 Å². The number of ether oxygens (including phenoxy) is 1. The van der Waals surface area contributed by atoms with Gasteiger partial charge in [0.15, 0.2) is 11.4 Å². The Kier molecular flexibility index (Phi) is 6.00. The van der Waals surface area contributed by atoms with E-state index < -0.39 is 23.9 Å². The second-order valence-electron chi connectivity index (χ2n) is 8.80. The molecule has 1 aliphatic heterocycles. The minimum Gasteiger partial charge on any atom is -0.476 e. The molecule has 1 unspecified atom stereocenters. The summed E-state index contributed by atoms with van der Waals surface area (Å²) in [5, 5.41) is 13.2. The van der Waals surface area contributed by atoms with Gasteiger partial charge in [0.1, 0.15) is 16.6 Å². The predicted octanol–water partition coefficient (Wildman–Crippen LogP) is 5.63. The average Bonchev–Trinajstić information content (AvgIpc) is 3.49. The number of fused-ring (bicyclic) bond motifs is 3. The van der Waals surface area contributed by atoms with E-state index in [1.54, 1.807) is 6.07 Å². The molecule has 0 radical (unpaired) electrons. The second kappa shape index (κ2) is 8.90. The fourth-order valence-corrected chi connectivity index (χ4v) is 4.68. The first kappa shape index (κ1) is 24.3. The molecule has 1 saturated heterocycles. The van der Waals surface area contributed by atoms with Crippen molar-refractivity contribution < 1.29 is 27.8 Å². The number of pyridine rings is 1.